The molecule has 0 N–H and O–H groups in total. The lowest BCUT2D eigenvalue weighted by Gasteiger charge is -2.23. The number of nitrogens with zero attached hydrogens (tertiary/aromatic N) is 2. The van der Waals surface area contributed by atoms with Gasteiger partial charge in [0.05, 0.1) is 11.4 Å². The Morgan fingerprint density at radius 1 is 0.786 bits per heavy atom. The van der Waals surface area contributed by atoms with Crippen LogP contribution < -0.4 is 0 Å². The molecule has 0 saturated heterocycles. The van der Waals surface area contributed by atoms with Crippen molar-refractivity contribution in [1.29, 1.82) is 0 Å². The van der Waals surface area contributed by atoms with Crippen LogP contribution in [-0.4, -0.2) is 17.6 Å². The molecular formula is C37H47BF2N2. The van der Waals surface area contributed by atoms with Crippen LogP contribution in [0.25, 0.3) is 11.6 Å². The van der Waals surface area contributed by atoms with Crippen molar-refractivity contribution in [3.8, 4) is 0 Å². The zero-order valence-electron chi connectivity index (χ0n) is 26.9. The van der Waals surface area contributed by atoms with Crippen molar-refractivity contribution in [2.75, 3.05) is 0 Å². The lowest BCUT2D eigenvalue weighted by molar-refractivity contribution is 0.544. The lowest BCUT2D eigenvalue weighted by Crippen LogP contribution is -2.19. The van der Waals surface area contributed by atoms with Gasteiger partial charge in [0.15, 0.2) is 0 Å². The van der Waals surface area contributed by atoms with Crippen molar-refractivity contribution in [3.05, 3.63) is 92.5 Å². The van der Waals surface area contributed by atoms with Crippen molar-refractivity contribution in [2.45, 2.75) is 107 Å². The van der Waals surface area contributed by atoms with E-state index in [1.807, 2.05) is 6.08 Å². The highest BCUT2D eigenvalue weighted by atomic mass is 19.2. The van der Waals surface area contributed by atoms with Gasteiger partial charge in [-0.2, -0.15) is 0 Å². The summed E-state index contributed by atoms with van der Waals surface area (Å²) in [5.74, 6) is 0. The number of aliphatic imine (C=N–C) groups is 1. The van der Waals surface area contributed by atoms with Crippen LogP contribution in [0, 0.1) is 24.7 Å². The van der Waals surface area contributed by atoms with Crippen LogP contribution in [0.1, 0.15) is 119 Å². The maximum Gasteiger partial charge on any atom is 0.678 e. The van der Waals surface area contributed by atoms with Gasteiger partial charge in [-0.25, -0.2) is 4.99 Å². The second-order valence-electron chi connectivity index (χ2n) is 14.6. The highest BCUT2D eigenvalue weighted by Crippen LogP contribution is 2.47. The van der Waals surface area contributed by atoms with Gasteiger partial charge in [0.2, 0.25) is 0 Å². The van der Waals surface area contributed by atoms with Gasteiger partial charge in [-0.15, -0.1) is 0 Å². The van der Waals surface area contributed by atoms with Gasteiger partial charge in [-0.1, -0.05) is 71.9 Å². The number of hydrogen-bond donors (Lipinski definition) is 0. The quantitative estimate of drug-likeness (QED) is 0.319. The zero-order chi connectivity index (χ0) is 30.4. The van der Waals surface area contributed by atoms with Crippen molar-refractivity contribution in [1.82, 2.24) is 4.48 Å². The molecule has 0 saturated carbocycles. The minimum atomic E-state index is -2.66. The average molecular weight is 569 g/mol. The maximum atomic E-state index is 15.5. The molecule has 0 radical (unpaired) electrons. The predicted molar refractivity (Wildman–Crippen MR) is 176 cm³/mol. The number of hydrogen-bond acceptors (Lipinski definition) is 1. The second kappa shape index (κ2) is 11.6. The molecule has 222 valence electrons. The van der Waals surface area contributed by atoms with Crippen LogP contribution >= 0.6 is 0 Å². The maximum absolute atomic E-state index is 15.5. The minimum Gasteiger partial charge on any atom is -0.325 e. The summed E-state index contributed by atoms with van der Waals surface area (Å²) >= 11 is 0. The molecule has 1 aromatic heterocycles. The van der Waals surface area contributed by atoms with Gasteiger partial charge in [0, 0.05) is 17.0 Å². The van der Waals surface area contributed by atoms with Crippen LogP contribution in [0.5, 0.6) is 0 Å². The number of fused-ring (bicyclic) bond motifs is 1. The Morgan fingerprint density at radius 3 is 1.93 bits per heavy atom. The van der Waals surface area contributed by atoms with Crippen LogP contribution in [-0.2, 0) is 12.8 Å². The first kappa shape index (κ1) is 30.5. The van der Waals surface area contributed by atoms with E-state index in [9.17, 15) is 0 Å². The van der Waals surface area contributed by atoms with Crippen molar-refractivity contribution in [3.63, 3.8) is 0 Å². The molecule has 2 aromatic rings. The normalized spacial score (nSPS) is 19.0. The molecule has 0 atom stereocenters. The monoisotopic (exact) mass is 568 g/mol. The molecule has 0 spiro atoms. The molecule has 1 aliphatic heterocycles. The van der Waals surface area contributed by atoms with E-state index >= 15 is 8.63 Å². The van der Waals surface area contributed by atoms with E-state index in [1.165, 1.54) is 15.6 Å². The highest BCUT2D eigenvalue weighted by molar-refractivity contribution is 6.42. The van der Waals surface area contributed by atoms with Crippen molar-refractivity contribution >= 4 is 24.8 Å². The molecule has 2 heterocycles. The topological polar surface area (TPSA) is 17.3 Å². The van der Waals surface area contributed by atoms with Crippen molar-refractivity contribution in [2.24, 2.45) is 15.8 Å². The molecule has 2 aliphatic carbocycles. The van der Waals surface area contributed by atoms with E-state index in [-0.39, 0.29) is 10.8 Å². The summed E-state index contributed by atoms with van der Waals surface area (Å²) in [5.41, 5.74) is 12.1. The highest BCUT2D eigenvalue weighted by Gasteiger charge is 2.37. The molecule has 0 unspecified atom stereocenters. The SMILES string of the molecule is Cc1cccc(C)c1/C(=C1N=C(/C=C/C(C)(C)C)C2=C/1CCCC2)c1c2c(c(/C=C/C(C)(C)C)n1B(F)F)CCCC2. The van der Waals surface area contributed by atoms with E-state index in [0.29, 0.717) is 11.4 Å². The largest absolute Gasteiger partial charge is 0.678 e. The molecular weight excluding hydrogens is 521 g/mol. The Kier molecular flexibility index (Phi) is 8.44. The van der Waals surface area contributed by atoms with Gasteiger partial charge in [-0.3, -0.25) is 8.63 Å². The molecule has 5 rings (SSSR count). The molecule has 1 aromatic carbocycles. The summed E-state index contributed by atoms with van der Waals surface area (Å²) < 4.78 is 32.3. The number of halogens is 2. The predicted octanol–water partition coefficient (Wildman–Crippen LogP) is 10.5. The molecule has 2 nitrogen and oxygen atoms in total. The first-order valence-electron chi connectivity index (χ1n) is 15.8. The third kappa shape index (κ3) is 6.07. The Labute approximate surface area is 252 Å². The number of aryl methyl sites for hydroxylation is 2. The summed E-state index contributed by atoms with van der Waals surface area (Å²) in [6, 6.07) is 6.29. The molecule has 3 aliphatic rings. The minimum absolute atomic E-state index is 0.0253. The average Bonchev–Trinajstić information content (AvgIpc) is 3.44. The number of allylic oxidation sites excluding steroid dienone is 5. The first-order valence-corrected chi connectivity index (χ1v) is 15.8. The molecule has 5 heteroatoms. The van der Waals surface area contributed by atoms with Crippen LogP contribution in [0.3, 0.4) is 0 Å². The third-order valence-corrected chi connectivity index (χ3v) is 8.74. The molecule has 0 fully saturated rings. The van der Waals surface area contributed by atoms with Crippen LogP contribution in [0.2, 0.25) is 0 Å². The van der Waals surface area contributed by atoms with Gasteiger partial charge < -0.3 is 4.48 Å². The Bertz CT molecular complexity index is 1510. The van der Waals surface area contributed by atoms with E-state index in [1.54, 1.807) is 0 Å². The summed E-state index contributed by atoms with van der Waals surface area (Å²) in [5, 5.41) is 0. The molecule has 0 bridgehead atoms. The van der Waals surface area contributed by atoms with Crippen LogP contribution in [0.4, 0.5) is 8.63 Å². The number of aromatic nitrogens is 1. The lowest BCUT2D eigenvalue weighted by atomic mass is 9.82. The summed E-state index contributed by atoms with van der Waals surface area (Å²) in [7, 11) is -2.66. The van der Waals surface area contributed by atoms with Crippen molar-refractivity contribution < 1.29 is 8.63 Å². The molecule has 0 amide bonds. The van der Waals surface area contributed by atoms with Gasteiger partial charge in [0.25, 0.3) is 0 Å². The van der Waals surface area contributed by atoms with E-state index < -0.39 is 7.40 Å². The summed E-state index contributed by atoms with van der Waals surface area (Å²) in [4.78, 5) is 5.37. The van der Waals surface area contributed by atoms with Crippen LogP contribution in [0.15, 0.2) is 58.3 Å². The standard InChI is InChI=1S/C37H47BF2N2/c1-24-14-13-15-25(2)32(24)33(34-28-18-11-9-16-26(28)30(41-34)20-22-36(3,4)5)35-29-19-12-10-17-27(29)31(42(35)38(39)40)21-23-37(6,7)8/h13-15,20-23H,9-12,16-19H2,1-8H3/b22-20+,23-21+,34-33-. The fourth-order valence-electron chi connectivity index (χ4n) is 6.78. The Morgan fingerprint density at radius 2 is 1.33 bits per heavy atom. The Hall–Kier alpha value is -2.95. The summed E-state index contributed by atoms with van der Waals surface area (Å²) in [6.45, 7) is 17.2. The first-order chi connectivity index (χ1) is 19.8. The number of rotatable bonds is 5. The van der Waals surface area contributed by atoms with Gasteiger partial charge in [-0.05, 0) is 127 Å². The van der Waals surface area contributed by atoms with E-state index in [2.05, 4.69) is 91.8 Å². The van der Waals surface area contributed by atoms with E-state index in [0.717, 1.165) is 96.2 Å². The Balaban J connectivity index is 1.92. The number of benzene rings is 1. The third-order valence-electron chi connectivity index (χ3n) is 8.74. The molecule has 42 heavy (non-hydrogen) atoms. The second-order valence-corrected chi connectivity index (χ2v) is 14.6. The fourth-order valence-corrected chi connectivity index (χ4v) is 6.78. The van der Waals surface area contributed by atoms with Gasteiger partial charge in [0.1, 0.15) is 0 Å². The summed E-state index contributed by atoms with van der Waals surface area (Å²) in [6.07, 6.45) is 16.3. The van der Waals surface area contributed by atoms with E-state index in [4.69, 9.17) is 4.99 Å². The fraction of sp³-hybridized carbons (Fsp3) is 0.486. The zero-order valence-corrected chi connectivity index (χ0v) is 26.9. The van der Waals surface area contributed by atoms with Gasteiger partial charge >= 0.3 is 7.40 Å². The smallest absolute Gasteiger partial charge is 0.325 e.